The Hall–Kier alpha value is -2.46. The Morgan fingerprint density at radius 2 is 0.986 bits per heavy atom. The molecule has 1 aliphatic rings. The highest BCUT2D eigenvalue weighted by Gasteiger charge is 2.34. The van der Waals surface area contributed by atoms with E-state index in [0.29, 0.717) is 24.0 Å². The number of aliphatic hydroxyl groups excluding tert-OH is 3. The number of nitrogens with two attached hydrogens (primary N) is 2. The monoisotopic (exact) mass is 1140 g/mol. The zero-order valence-corrected chi connectivity index (χ0v) is 41.3. The van der Waals surface area contributed by atoms with Gasteiger partial charge in [0.15, 0.2) is 0 Å². The van der Waals surface area contributed by atoms with E-state index in [1.165, 1.54) is 80.3 Å². The average Bonchev–Trinajstić information content (AvgIpc) is 3.49. The maximum absolute atomic E-state index is 11.5. The number of nitrogen functional groups attached to an aromatic ring is 1. The smallest absolute Gasteiger partial charge is 0.396 e. The molecule has 2 aromatic rings. The molecule has 0 aliphatic carbocycles. The Kier molecular flexibility index (Phi) is 46.4. The number of ether oxygens (including phenoxy) is 1. The number of aldehydes is 1. The number of carbonyl (C=O) groups excluding carboxylic acids is 2. The number of aliphatic hydroxyl groups is 3. The van der Waals surface area contributed by atoms with Gasteiger partial charge in [-0.2, -0.15) is 4.98 Å². The van der Waals surface area contributed by atoms with Crippen LogP contribution >= 0.6 is 46.9 Å². The molecule has 1 saturated heterocycles. The van der Waals surface area contributed by atoms with Gasteiger partial charge >= 0.3 is 52.6 Å². The van der Waals surface area contributed by atoms with Gasteiger partial charge in [-0.05, 0) is 24.6 Å². The van der Waals surface area contributed by atoms with Crippen LogP contribution in [0.25, 0.3) is 0 Å². The molecule has 0 bridgehead atoms. The topological polar surface area (TPSA) is 658 Å². The van der Waals surface area contributed by atoms with E-state index >= 15 is 0 Å². The number of primary amides is 1. The van der Waals surface area contributed by atoms with E-state index in [4.69, 9.17) is 142 Å². The standard InChI is InChI=1S/C11H24O.C9H13N3O4.C8H7NO2.6H3O4P/c1-2-3-4-5-6-7-8-9-10-11-12;10-7-1-2-12(9(15)11-7)8-3-5(14)6(4-13)16-8;9-8(11)7-3-1-6(5-10)2-4-7;6*1-5(2,3)4/h12H,2-11H2,1H3;1-2,5-6,8,13-14H,3-4H2,(H2,10,11,15);1-5H,(H2,9,11);6*(H3,1,2,3,4)/t;5-,6+,8+;;;;;;;/m.0......./s1. The Morgan fingerprint density at radius 3 is 1.25 bits per heavy atom. The predicted octanol–water partition coefficient (Wildman–Crippen LogP) is -3.00. The SMILES string of the molecule is CCCCCCCCCCCO.NC(=O)c1ccc(C=O)cc1.Nc1ccn([C@H]2C[C@H](O)[C@@H](CO)O2)c(=O)n1.O=P(O)(O)O.O=P(O)(O)O.O=P(O)(O)O.O=P(O)(O)O.O=P(O)(O)O.O=P(O)(O)O. The molecule has 0 unspecified atom stereocenters. The summed E-state index contributed by atoms with van der Waals surface area (Å²) in [5, 5.41) is 27.0. The highest BCUT2D eigenvalue weighted by atomic mass is 31.2. The molecule has 35 nitrogen and oxygen atoms in total. The molecule has 1 fully saturated rings. The lowest BCUT2D eigenvalue weighted by atomic mass is 10.1. The zero-order valence-electron chi connectivity index (χ0n) is 36.0. The third-order valence-electron chi connectivity index (χ3n) is 6.14. The molecule has 3 atom stereocenters. The van der Waals surface area contributed by atoms with Crippen molar-refractivity contribution in [3.8, 4) is 0 Å². The number of unbranched alkanes of at least 4 members (excludes halogenated alkanes) is 8. The molecular formula is C28H62N4O31P6. The fourth-order valence-electron chi connectivity index (χ4n) is 3.84. The molecule has 410 valence electrons. The fourth-order valence-corrected chi connectivity index (χ4v) is 3.84. The summed E-state index contributed by atoms with van der Waals surface area (Å²) in [5.74, 6) is -0.346. The normalized spacial score (nSPS) is 15.2. The van der Waals surface area contributed by atoms with Crippen molar-refractivity contribution >= 4 is 64.9 Å². The molecule has 41 heteroatoms. The van der Waals surface area contributed by atoms with E-state index in [2.05, 4.69) is 11.9 Å². The second kappa shape index (κ2) is 41.1. The number of benzene rings is 1. The third kappa shape index (κ3) is 92.3. The molecule has 2 heterocycles. The third-order valence-corrected chi connectivity index (χ3v) is 6.14. The van der Waals surface area contributed by atoms with Crippen molar-refractivity contribution in [3.05, 3.63) is 58.1 Å². The summed E-state index contributed by atoms with van der Waals surface area (Å²) in [6, 6.07) is 7.61. The summed E-state index contributed by atoms with van der Waals surface area (Å²) in [6.07, 6.45) is 12.2. The highest BCUT2D eigenvalue weighted by molar-refractivity contribution is 7.46. The molecule has 1 aromatic carbocycles. The van der Waals surface area contributed by atoms with Gasteiger partial charge in [0.2, 0.25) is 5.91 Å². The van der Waals surface area contributed by atoms with Crippen molar-refractivity contribution in [2.24, 2.45) is 5.73 Å². The number of phosphoric acid groups is 6. The van der Waals surface area contributed by atoms with E-state index in [9.17, 15) is 19.5 Å². The van der Waals surface area contributed by atoms with Crippen LogP contribution in [0.5, 0.6) is 0 Å². The van der Waals surface area contributed by atoms with Crippen LogP contribution in [0.15, 0.2) is 41.3 Å². The number of rotatable bonds is 13. The summed E-state index contributed by atoms with van der Waals surface area (Å²) in [7, 11) is -27.8. The lowest BCUT2D eigenvalue weighted by Gasteiger charge is -2.13. The van der Waals surface area contributed by atoms with Crippen molar-refractivity contribution in [2.45, 2.75) is 89.6 Å². The molecule has 1 aromatic heterocycles. The molecule has 0 radical (unpaired) electrons. The fraction of sp³-hybridized carbons (Fsp3) is 0.571. The van der Waals surface area contributed by atoms with Crippen molar-refractivity contribution in [2.75, 3.05) is 18.9 Å². The molecule has 25 N–H and O–H groups in total. The second-order valence-corrected chi connectivity index (χ2v) is 18.6. The second-order valence-electron chi connectivity index (χ2n) is 12.4. The number of aromatic nitrogens is 2. The van der Waals surface area contributed by atoms with E-state index < -0.39 is 77.0 Å². The van der Waals surface area contributed by atoms with Gasteiger partial charge in [0.05, 0.1) is 12.7 Å². The number of nitrogens with zero attached hydrogens (tertiary/aromatic N) is 2. The molecule has 1 amide bonds. The van der Waals surface area contributed by atoms with Crippen LogP contribution in [0, 0.1) is 0 Å². The first-order chi connectivity index (χ1) is 30.8. The number of amides is 1. The summed E-state index contributed by atoms with van der Waals surface area (Å²) < 4.78 is 59.8. The van der Waals surface area contributed by atoms with Crippen LogP contribution in [-0.4, -0.2) is 151 Å². The van der Waals surface area contributed by atoms with Crippen molar-refractivity contribution < 1.29 is 145 Å². The molecule has 0 spiro atoms. The van der Waals surface area contributed by atoms with Gasteiger partial charge in [0.1, 0.15) is 24.4 Å². The van der Waals surface area contributed by atoms with Gasteiger partial charge in [0, 0.05) is 30.4 Å². The van der Waals surface area contributed by atoms with Gasteiger partial charge in [-0.15, -0.1) is 0 Å². The van der Waals surface area contributed by atoms with Crippen molar-refractivity contribution in [1.82, 2.24) is 9.55 Å². The molecule has 69 heavy (non-hydrogen) atoms. The van der Waals surface area contributed by atoms with Gasteiger partial charge < -0.3 is 120 Å². The summed E-state index contributed by atoms with van der Waals surface area (Å²) in [6.45, 7) is 2.34. The highest BCUT2D eigenvalue weighted by Crippen LogP contribution is 2.29. The van der Waals surface area contributed by atoms with Crippen LogP contribution in [0.4, 0.5) is 5.82 Å². The van der Waals surface area contributed by atoms with Crippen LogP contribution in [0.1, 0.15) is 98.1 Å². The van der Waals surface area contributed by atoms with Gasteiger partial charge in [0.25, 0.3) is 0 Å². The molecule has 0 saturated carbocycles. The predicted molar refractivity (Wildman–Crippen MR) is 235 cm³/mol. The number of carbonyl (C=O) groups is 2. The van der Waals surface area contributed by atoms with Crippen molar-refractivity contribution in [3.63, 3.8) is 0 Å². The Morgan fingerprint density at radius 1 is 0.652 bits per heavy atom. The van der Waals surface area contributed by atoms with Crippen LogP contribution in [-0.2, 0) is 32.1 Å². The number of hydrogen-bond acceptors (Lipinski definition) is 15. The minimum atomic E-state index is -4.64. The number of anilines is 1. The summed E-state index contributed by atoms with van der Waals surface area (Å²) >= 11 is 0. The first-order valence-corrected chi connectivity index (χ1v) is 27.6. The maximum atomic E-state index is 11.5. The van der Waals surface area contributed by atoms with Gasteiger partial charge in [-0.3, -0.25) is 14.2 Å². The van der Waals surface area contributed by atoms with E-state index in [1.54, 1.807) is 12.1 Å². The van der Waals surface area contributed by atoms with Gasteiger partial charge in [-0.1, -0.05) is 70.4 Å². The average molecular weight is 1140 g/mol. The lowest BCUT2D eigenvalue weighted by molar-refractivity contribution is -0.0458. The first kappa shape index (κ1) is 78.0. The van der Waals surface area contributed by atoms with E-state index in [1.807, 2.05) is 0 Å². The minimum absolute atomic E-state index is 0.138. The Balaban J connectivity index is -0.000000170. The minimum Gasteiger partial charge on any atom is -0.396 e. The van der Waals surface area contributed by atoms with Crippen LogP contribution < -0.4 is 17.2 Å². The zero-order chi connectivity index (χ0) is 56.0. The molecule has 3 rings (SSSR count). The Labute approximate surface area is 391 Å². The number of hydrogen-bond donors (Lipinski definition) is 23. The van der Waals surface area contributed by atoms with Crippen molar-refractivity contribution in [1.29, 1.82) is 0 Å². The van der Waals surface area contributed by atoms with Crippen LogP contribution in [0.3, 0.4) is 0 Å². The quantitative estimate of drug-likeness (QED) is 0.0540. The van der Waals surface area contributed by atoms with Crippen LogP contribution in [0.2, 0.25) is 0 Å². The van der Waals surface area contributed by atoms with Gasteiger partial charge in [-0.25, -0.2) is 32.2 Å². The Bertz CT molecular complexity index is 1780. The largest absolute Gasteiger partial charge is 0.466 e. The van der Waals surface area contributed by atoms with E-state index in [-0.39, 0.29) is 18.8 Å². The first-order valence-electron chi connectivity index (χ1n) is 18.2. The maximum Gasteiger partial charge on any atom is 0.466 e. The summed E-state index contributed by atoms with van der Waals surface area (Å²) in [5.41, 5.74) is 10.7. The lowest BCUT2D eigenvalue weighted by Crippen LogP contribution is -2.27. The summed E-state index contributed by atoms with van der Waals surface area (Å²) in [4.78, 5) is 165. The molecular weight excluding hydrogens is 1070 g/mol. The van der Waals surface area contributed by atoms with E-state index in [0.717, 1.165) is 6.42 Å². The molecule has 1 aliphatic heterocycles.